The minimum Gasteiger partial charge on any atom is -0.200 e. The number of nitrogens with one attached hydrogen (secondary N) is 2. The zero-order valence-electron chi connectivity index (χ0n) is 8.74. The Balaban J connectivity index is 4.27. The first-order valence-electron chi connectivity index (χ1n) is 4.57. The van der Waals surface area contributed by atoms with Gasteiger partial charge in [-0.1, -0.05) is 6.92 Å². The van der Waals surface area contributed by atoms with Crippen molar-refractivity contribution in [2.45, 2.75) is 45.7 Å². The zero-order valence-corrected chi connectivity index (χ0v) is 9.56. The fourth-order valence-electron chi connectivity index (χ4n) is 0.943. The molecule has 1 atom stereocenters. The molecule has 6 heteroatoms. The van der Waals surface area contributed by atoms with Crippen LogP contribution in [0.1, 0.15) is 33.6 Å². The first-order chi connectivity index (χ1) is 6.41. The smallest absolute Gasteiger partial charge is 0.200 e. The van der Waals surface area contributed by atoms with Gasteiger partial charge in [0.1, 0.15) is 0 Å². The SMILES string of the molecule is CCC(CC#N)NS(=O)(=O)NC(C)C. The standard InChI is InChI=1S/C8H17N3O2S/c1-4-8(5-6-9)11-14(12,13)10-7(2)3/h7-8,10-11H,4-5H2,1-3H3. The van der Waals surface area contributed by atoms with Crippen molar-refractivity contribution in [1.29, 1.82) is 5.26 Å². The molecule has 0 aliphatic heterocycles. The third-order valence-electron chi connectivity index (χ3n) is 1.54. The van der Waals surface area contributed by atoms with E-state index >= 15 is 0 Å². The van der Waals surface area contributed by atoms with E-state index in [1.54, 1.807) is 13.8 Å². The fourth-order valence-corrected chi connectivity index (χ4v) is 2.32. The monoisotopic (exact) mass is 219 g/mol. The van der Waals surface area contributed by atoms with Gasteiger partial charge in [-0.15, -0.1) is 0 Å². The van der Waals surface area contributed by atoms with Gasteiger partial charge in [0.25, 0.3) is 10.2 Å². The predicted molar refractivity (Wildman–Crippen MR) is 54.6 cm³/mol. The molecule has 0 amide bonds. The van der Waals surface area contributed by atoms with Crippen molar-refractivity contribution in [3.63, 3.8) is 0 Å². The van der Waals surface area contributed by atoms with Gasteiger partial charge in [0.2, 0.25) is 0 Å². The van der Waals surface area contributed by atoms with Crippen molar-refractivity contribution in [3.05, 3.63) is 0 Å². The van der Waals surface area contributed by atoms with E-state index in [0.717, 1.165) is 0 Å². The third-order valence-corrected chi connectivity index (χ3v) is 2.97. The molecule has 0 aromatic heterocycles. The fraction of sp³-hybridized carbons (Fsp3) is 0.875. The lowest BCUT2D eigenvalue weighted by molar-refractivity contribution is 0.523. The molecular formula is C8H17N3O2S. The summed E-state index contributed by atoms with van der Waals surface area (Å²) < 4.78 is 27.5. The van der Waals surface area contributed by atoms with Gasteiger partial charge >= 0.3 is 0 Å². The Hall–Kier alpha value is -0.640. The molecule has 0 aliphatic rings. The van der Waals surface area contributed by atoms with Crippen molar-refractivity contribution in [2.24, 2.45) is 0 Å². The van der Waals surface area contributed by atoms with Crippen LogP contribution in [0.15, 0.2) is 0 Å². The van der Waals surface area contributed by atoms with Crippen LogP contribution in [0.3, 0.4) is 0 Å². The van der Waals surface area contributed by atoms with Gasteiger partial charge in [-0.25, -0.2) is 0 Å². The van der Waals surface area contributed by atoms with Crippen LogP contribution in [0.25, 0.3) is 0 Å². The molecule has 82 valence electrons. The van der Waals surface area contributed by atoms with E-state index in [4.69, 9.17) is 5.26 Å². The van der Waals surface area contributed by atoms with Crippen molar-refractivity contribution < 1.29 is 8.42 Å². The topological polar surface area (TPSA) is 82.0 Å². The first kappa shape index (κ1) is 13.4. The van der Waals surface area contributed by atoms with Crippen molar-refractivity contribution >= 4 is 10.2 Å². The molecule has 0 aliphatic carbocycles. The molecule has 0 fully saturated rings. The molecule has 0 saturated heterocycles. The predicted octanol–water partition coefficient (Wildman–Crippen LogP) is 0.511. The average molecular weight is 219 g/mol. The summed E-state index contributed by atoms with van der Waals surface area (Å²) in [6.07, 6.45) is 0.794. The minimum atomic E-state index is -3.47. The molecule has 0 aromatic rings. The molecule has 0 heterocycles. The second-order valence-corrected chi connectivity index (χ2v) is 4.84. The largest absolute Gasteiger partial charge is 0.277 e. The Labute approximate surface area is 85.7 Å². The number of rotatable bonds is 6. The molecule has 2 N–H and O–H groups in total. The van der Waals surface area contributed by atoms with E-state index in [1.165, 1.54) is 0 Å². The lowest BCUT2D eigenvalue weighted by Gasteiger charge is -2.15. The van der Waals surface area contributed by atoms with Gasteiger partial charge < -0.3 is 0 Å². The Morgan fingerprint density at radius 1 is 1.36 bits per heavy atom. The van der Waals surface area contributed by atoms with Crippen LogP contribution in [0, 0.1) is 11.3 Å². The summed E-state index contributed by atoms with van der Waals surface area (Å²) in [5, 5.41) is 8.44. The molecule has 0 spiro atoms. The quantitative estimate of drug-likeness (QED) is 0.683. The summed E-state index contributed by atoms with van der Waals surface area (Å²) in [6, 6.07) is 1.48. The molecule has 0 aromatic carbocycles. The highest BCUT2D eigenvalue weighted by molar-refractivity contribution is 7.87. The van der Waals surface area contributed by atoms with Crippen LogP contribution < -0.4 is 9.44 Å². The summed E-state index contributed by atoms with van der Waals surface area (Å²) >= 11 is 0. The van der Waals surface area contributed by atoms with Gasteiger partial charge in [-0.05, 0) is 20.3 Å². The van der Waals surface area contributed by atoms with Crippen LogP contribution in [-0.2, 0) is 10.2 Å². The molecule has 1 unspecified atom stereocenters. The van der Waals surface area contributed by atoms with E-state index < -0.39 is 10.2 Å². The summed E-state index contributed by atoms with van der Waals surface area (Å²) in [5.74, 6) is 0. The summed E-state index contributed by atoms with van der Waals surface area (Å²) in [5.41, 5.74) is 0. The van der Waals surface area contributed by atoms with Crippen LogP contribution in [-0.4, -0.2) is 20.5 Å². The van der Waals surface area contributed by atoms with Gasteiger partial charge in [0.05, 0.1) is 12.5 Å². The highest BCUT2D eigenvalue weighted by atomic mass is 32.2. The molecule has 0 saturated carbocycles. The zero-order chi connectivity index (χ0) is 11.2. The number of nitrogens with zero attached hydrogens (tertiary/aromatic N) is 1. The highest BCUT2D eigenvalue weighted by Gasteiger charge is 2.16. The van der Waals surface area contributed by atoms with Gasteiger partial charge in [0.15, 0.2) is 0 Å². The maximum atomic E-state index is 11.4. The lowest BCUT2D eigenvalue weighted by Crippen LogP contribution is -2.44. The van der Waals surface area contributed by atoms with Gasteiger partial charge in [-0.3, -0.25) is 0 Å². The van der Waals surface area contributed by atoms with Crippen LogP contribution in [0.2, 0.25) is 0 Å². The lowest BCUT2D eigenvalue weighted by atomic mass is 10.2. The van der Waals surface area contributed by atoms with E-state index in [-0.39, 0.29) is 18.5 Å². The molecule has 14 heavy (non-hydrogen) atoms. The Bertz CT molecular complexity index is 292. The second kappa shape index (κ2) is 5.96. The number of hydrogen-bond donors (Lipinski definition) is 2. The van der Waals surface area contributed by atoms with Crippen LogP contribution >= 0.6 is 0 Å². The van der Waals surface area contributed by atoms with E-state index in [1.807, 2.05) is 13.0 Å². The highest BCUT2D eigenvalue weighted by Crippen LogP contribution is 1.98. The van der Waals surface area contributed by atoms with Crippen molar-refractivity contribution in [2.75, 3.05) is 0 Å². The first-order valence-corrected chi connectivity index (χ1v) is 6.06. The Morgan fingerprint density at radius 3 is 2.29 bits per heavy atom. The average Bonchev–Trinajstić information content (AvgIpc) is 2.00. The number of hydrogen-bond acceptors (Lipinski definition) is 3. The van der Waals surface area contributed by atoms with Crippen LogP contribution in [0.4, 0.5) is 0 Å². The maximum absolute atomic E-state index is 11.4. The third kappa shape index (κ3) is 5.91. The van der Waals surface area contributed by atoms with Crippen LogP contribution in [0.5, 0.6) is 0 Å². The summed E-state index contributed by atoms with van der Waals surface area (Å²) in [6.45, 7) is 5.31. The maximum Gasteiger partial charge on any atom is 0.277 e. The molecule has 0 bridgehead atoms. The van der Waals surface area contributed by atoms with E-state index in [9.17, 15) is 8.42 Å². The molecule has 0 radical (unpaired) electrons. The molecule has 0 rings (SSSR count). The van der Waals surface area contributed by atoms with Gasteiger partial charge in [-0.2, -0.15) is 23.1 Å². The molecular weight excluding hydrogens is 202 g/mol. The Morgan fingerprint density at radius 2 is 1.93 bits per heavy atom. The van der Waals surface area contributed by atoms with Crippen molar-refractivity contribution in [1.82, 2.24) is 9.44 Å². The summed E-state index contributed by atoms with van der Waals surface area (Å²) in [4.78, 5) is 0. The molecule has 5 nitrogen and oxygen atoms in total. The van der Waals surface area contributed by atoms with E-state index in [0.29, 0.717) is 6.42 Å². The second-order valence-electron chi connectivity index (χ2n) is 3.36. The Kier molecular flexibility index (Phi) is 5.69. The number of nitriles is 1. The summed E-state index contributed by atoms with van der Waals surface area (Å²) in [7, 11) is -3.47. The normalized spacial score (nSPS) is 13.9. The minimum absolute atomic E-state index is 0.146. The van der Waals surface area contributed by atoms with E-state index in [2.05, 4.69) is 9.44 Å². The van der Waals surface area contributed by atoms with Gasteiger partial charge in [0, 0.05) is 12.1 Å². The van der Waals surface area contributed by atoms with Crippen molar-refractivity contribution in [3.8, 4) is 6.07 Å².